The third-order valence-electron chi connectivity index (χ3n) is 3.77. The number of pyridine rings is 1. The van der Waals surface area contributed by atoms with Crippen LogP contribution in [0.5, 0.6) is 0 Å². The molecule has 20 heavy (non-hydrogen) atoms. The summed E-state index contributed by atoms with van der Waals surface area (Å²) in [6, 6.07) is 2.09. The van der Waals surface area contributed by atoms with Crippen molar-refractivity contribution >= 4 is 34.5 Å². The Balaban J connectivity index is 1.99. The number of hydrogen-bond donors (Lipinski definition) is 0. The van der Waals surface area contributed by atoms with Gasteiger partial charge in [0, 0.05) is 18.0 Å². The van der Waals surface area contributed by atoms with E-state index in [0.717, 1.165) is 29.1 Å². The summed E-state index contributed by atoms with van der Waals surface area (Å²) in [6.45, 7) is 5.01. The van der Waals surface area contributed by atoms with Crippen LogP contribution in [-0.4, -0.2) is 25.5 Å². The third kappa shape index (κ3) is 2.82. The second-order valence-electron chi connectivity index (χ2n) is 5.54. The zero-order valence-electron chi connectivity index (χ0n) is 12.0. The summed E-state index contributed by atoms with van der Waals surface area (Å²) < 4.78 is 2.23. The minimum absolute atomic E-state index is 0.0851. The lowest BCUT2D eigenvalue weighted by Gasteiger charge is -2.23. The van der Waals surface area contributed by atoms with Crippen LogP contribution in [-0.2, 0) is 6.54 Å². The molecule has 0 aliphatic carbocycles. The molecule has 5 heteroatoms. The molecule has 2 aromatic rings. The van der Waals surface area contributed by atoms with Crippen LogP contribution in [0.1, 0.15) is 43.0 Å². The van der Waals surface area contributed by atoms with Crippen LogP contribution in [0.15, 0.2) is 12.3 Å². The number of nitrogens with zero attached hydrogens (tertiary/aromatic N) is 3. The number of rotatable bonds is 3. The molecule has 0 amide bonds. The Hall–Kier alpha value is -0.740. The summed E-state index contributed by atoms with van der Waals surface area (Å²) >= 11 is 8.39. The lowest BCUT2D eigenvalue weighted by Crippen LogP contribution is -2.19. The summed E-state index contributed by atoms with van der Waals surface area (Å²) in [5.41, 5.74) is 3.08. The first-order valence-corrected chi connectivity index (χ1v) is 8.72. The molecule has 1 aliphatic rings. The molecule has 2 aromatic heterocycles. The van der Waals surface area contributed by atoms with E-state index in [2.05, 4.69) is 27.4 Å². The summed E-state index contributed by atoms with van der Waals surface area (Å²) in [5, 5.41) is 0.580. The number of alkyl halides is 1. The van der Waals surface area contributed by atoms with E-state index in [1.54, 1.807) is 0 Å². The minimum Gasteiger partial charge on any atom is -0.310 e. The summed E-state index contributed by atoms with van der Waals surface area (Å²) in [7, 11) is 0. The van der Waals surface area contributed by atoms with Gasteiger partial charge in [-0.25, -0.2) is 9.97 Å². The monoisotopic (exact) mass is 309 g/mol. The SMILES string of the molecule is Cc1cnc2c(c1)nc(C(C)Cl)n2CC1CCCCS1. The number of thioether (sulfide) groups is 1. The van der Waals surface area contributed by atoms with Crippen molar-refractivity contribution < 1.29 is 0 Å². The molecule has 0 N–H and O–H groups in total. The van der Waals surface area contributed by atoms with E-state index in [0.29, 0.717) is 5.25 Å². The van der Waals surface area contributed by atoms with Crippen molar-refractivity contribution in [2.75, 3.05) is 5.75 Å². The van der Waals surface area contributed by atoms with Gasteiger partial charge < -0.3 is 4.57 Å². The van der Waals surface area contributed by atoms with Gasteiger partial charge in [0.1, 0.15) is 11.3 Å². The first-order valence-electron chi connectivity index (χ1n) is 7.23. The van der Waals surface area contributed by atoms with E-state index in [-0.39, 0.29) is 5.38 Å². The highest BCUT2D eigenvalue weighted by molar-refractivity contribution is 7.99. The molecule has 1 saturated heterocycles. The van der Waals surface area contributed by atoms with E-state index < -0.39 is 0 Å². The van der Waals surface area contributed by atoms with Crippen molar-refractivity contribution in [3.8, 4) is 0 Å². The number of fused-ring (bicyclic) bond motifs is 1. The Morgan fingerprint density at radius 1 is 1.50 bits per heavy atom. The molecule has 0 spiro atoms. The molecule has 0 radical (unpaired) electrons. The maximum atomic E-state index is 6.32. The summed E-state index contributed by atoms with van der Waals surface area (Å²) in [6.07, 6.45) is 5.88. The zero-order chi connectivity index (χ0) is 14.1. The predicted molar refractivity (Wildman–Crippen MR) is 86.6 cm³/mol. The highest BCUT2D eigenvalue weighted by atomic mass is 35.5. The Morgan fingerprint density at radius 3 is 3.05 bits per heavy atom. The maximum absolute atomic E-state index is 6.32. The number of imidazole rings is 1. The van der Waals surface area contributed by atoms with E-state index in [4.69, 9.17) is 16.6 Å². The van der Waals surface area contributed by atoms with E-state index >= 15 is 0 Å². The van der Waals surface area contributed by atoms with Gasteiger partial charge in [0.15, 0.2) is 5.65 Å². The van der Waals surface area contributed by atoms with Crippen LogP contribution < -0.4 is 0 Å². The molecule has 0 aromatic carbocycles. The molecular weight excluding hydrogens is 290 g/mol. The van der Waals surface area contributed by atoms with Gasteiger partial charge in [0.25, 0.3) is 0 Å². The molecule has 2 unspecified atom stereocenters. The Bertz CT molecular complexity index is 602. The molecule has 2 atom stereocenters. The van der Waals surface area contributed by atoms with Crippen LogP contribution in [0.3, 0.4) is 0 Å². The van der Waals surface area contributed by atoms with Gasteiger partial charge in [-0.05, 0) is 44.1 Å². The van der Waals surface area contributed by atoms with Crippen LogP contribution in [0, 0.1) is 6.92 Å². The Labute approximate surface area is 129 Å². The molecule has 3 nitrogen and oxygen atoms in total. The largest absolute Gasteiger partial charge is 0.310 e. The first kappa shape index (κ1) is 14.2. The van der Waals surface area contributed by atoms with Crippen LogP contribution in [0.2, 0.25) is 0 Å². The van der Waals surface area contributed by atoms with Crippen molar-refractivity contribution in [2.45, 2.75) is 50.3 Å². The van der Waals surface area contributed by atoms with Crippen molar-refractivity contribution in [3.63, 3.8) is 0 Å². The third-order valence-corrected chi connectivity index (χ3v) is 5.34. The first-order chi connectivity index (χ1) is 9.65. The fourth-order valence-electron chi connectivity index (χ4n) is 2.77. The highest BCUT2D eigenvalue weighted by Gasteiger charge is 2.21. The fraction of sp³-hybridized carbons (Fsp3) is 0.600. The van der Waals surface area contributed by atoms with Crippen molar-refractivity contribution in [2.24, 2.45) is 0 Å². The summed E-state index contributed by atoms with van der Waals surface area (Å²) in [5.74, 6) is 2.22. The van der Waals surface area contributed by atoms with Crippen LogP contribution in [0.4, 0.5) is 0 Å². The number of aromatic nitrogens is 3. The van der Waals surface area contributed by atoms with Gasteiger partial charge in [-0.1, -0.05) is 6.42 Å². The van der Waals surface area contributed by atoms with Crippen molar-refractivity contribution in [1.29, 1.82) is 0 Å². The highest BCUT2D eigenvalue weighted by Crippen LogP contribution is 2.30. The van der Waals surface area contributed by atoms with Crippen molar-refractivity contribution in [1.82, 2.24) is 14.5 Å². The number of halogens is 1. The van der Waals surface area contributed by atoms with Crippen LogP contribution >= 0.6 is 23.4 Å². The molecule has 108 valence electrons. The number of hydrogen-bond acceptors (Lipinski definition) is 3. The lowest BCUT2D eigenvalue weighted by molar-refractivity contribution is 0.573. The zero-order valence-corrected chi connectivity index (χ0v) is 13.5. The smallest absolute Gasteiger partial charge is 0.160 e. The van der Waals surface area contributed by atoms with Gasteiger partial charge in [0.2, 0.25) is 0 Å². The van der Waals surface area contributed by atoms with E-state index in [9.17, 15) is 0 Å². The molecule has 0 bridgehead atoms. The summed E-state index contributed by atoms with van der Waals surface area (Å²) in [4.78, 5) is 9.28. The van der Waals surface area contributed by atoms with Gasteiger partial charge in [-0.2, -0.15) is 11.8 Å². The topological polar surface area (TPSA) is 30.7 Å². The lowest BCUT2D eigenvalue weighted by atomic mass is 10.2. The molecule has 3 rings (SSSR count). The maximum Gasteiger partial charge on any atom is 0.160 e. The number of aryl methyl sites for hydroxylation is 1. The van der Waals surface area contributed by atoms with E-state index in [1.807, 2.05) is 20.0 Å². The quantitative estimate of drug-likeness (QED) is 0.791. The van der Waals surface area contributed by atoms with Gasteiger partial charge in [-0.15, -0.1) is 11.6 Å². The molecule has 0 saturated carbocycles. The standard InChI is InChI=1S/C15H20ClN3S/c1-10-7-13-15(17-8-10)19(14(18-13)11(2)16)9-12-5-3-4-6-20-12/h7-8,11-12H,3-6,9H2,1-2H3. The molecule has 3 heterocycles. The van der Waals surface area contributed by atoms with Gasteiger partial charge in [0.05, 0.1) is 5.38 Å². The molecular formula is C15H20ClN3S. The Kier molecular flexibility index (Phi) is 4.22. The van der Waals surface area contributed by atoms with Gasteiger partial charge >= 0.3 is 0 Å². The Morgan fingerprint density at radius 2 is 2.35 bits per heavy atom. The second-order valence-corrected chi connectivity index (χ2v) is 7.60. The predicted octanol–water partition coefficient (Wildman–Crippen LogP) is 4.33. The molecule has 1 aliphatic heterocycles. The average molecular weight is 310 g/mol. The van der Waals surface area contributed by atoms with Gasteiger partial charge in [-0.3, -0.25) is 0 Å². The normalized spacial score (nSPS) is 21.2. The van der Waals surface area contributed by atoms with Crippen LogP contribution in [0.25, 0.3) is 11.2 Å². The van der Waals surface area contributed by atoms with Crippen molar-refractivity contribution in [3.05, 3.63) is 23.7 Å². The fourth-order valence-corrected chi connectivity index (χ4v) is 4.23. The minimum atomic E-state index is -0.0851. The average Bonchev–Trinajstić information content (AvgIpc) is 2.78. The second kappa shape index (κ2) is 5.94. The van der Waals surface area contributed by atoms with E-state index in [1.165, 1.54) is 25.0 Å². The molecule has 1 fully saturated rings.